The minimum absolute atomic E-state index is 0.304. The first-order chi connectivity index (χ1) is 12.7. The third-order valence-electron chi connectivity index (χ3n) is 4.16. The zero-order valence-electron chi connectivity index (χ0n) is 15.5. The summed E-state index contributed by atoms with van der Waals surface area (Å²) < 4.78 is 5.18. The van der Waals surface area contributed by atoms with E-state index in [-0.39, 0.29) is 6.09 Å². The van der Waals surface area contributed by atoms with Crippen molar-refractivity contribution in [3.05, 3.63) is 71.3 Å². The van der Waals surface area contributed by atoms with Crippen LogP contribution in [0, 0.1) is 0 Å². The molecule has 0 radical (unpaired) electrons. The van der Waals surface area contributed by atoms with Crippen LogP contribution in [0.1, 0.15) is 29.5 Å². The first-order valence-corrected chi connectivity index (χ1v) is 9.08. The molecule has 0 unspecified atom stereocenters. The number of nitrogens with two attached hydrogens (primary N) is 1. The van der Waals surface area contributed by atoms with Gasteiger partial charge in [0.05, 0.1) is 0 Å². The molecule has 140 valence electrons. The summed E-state index contributed by atoms with van der Waals surface area (Å²) in [6.45, 7) is 3.42. The van der Waals surface area contributed by atoms with Crippen LogP contribution in [0.25, 0.3) is 0 Å². The summed E-state index contributed by atoms with van der Waals surface area (Å²) in [6.07, 6.45) is 1.59. The van der Waals surface area contributed by atoms with E-state index in [2.05, 4.69) is 41.5 Å². The predicted octanol–water partition coefficient (Wildman–Crippen LogP) is 3.28. The number of amides is 1. The highest BCUT2D eigenvalue weighted by atomic mass is 16.5. The fourth-order valence-electron chi connectivity index (χ4n) is 2.64. The molecule has 0 aliphatic rings. The van der Waals surface area contributed by atoms with E-state index in [0.29, 0.717) is 19.7 Å². The van der Waals surface area contributed by atoms with Crippen molar-refractivity contribution in [1.29, 1.82) is 0 Å². The predicted molar refractivity (Wildman–Crippen MR) is 105 cm³/mol. The summed E-state index contributed by atoms with van der Waals surface area (Å²) in [5.74, 6) is 0. The summed E-state index contributed by atoms with van der Waals surface area (Å²) in [7, 11) is 2.11. The summed E-state index contributed by atoms with van der Waals surface area (Å²) in [4.78, 5) is 13.9. The molecule has 3 N–H and O–H groups in total. The van der Waals surface area contributed by atoms with E-state index in [1.165, 1.54) is 5.56 Å². The van der Waals surface area contributed by atoms with Gasteiger partial charge < -0.3 is 20.7 Å². The van der Waals surface area contributed by atoms with Crippen molar-refractivity contribution >= 4 is 6.09 Å². The first-order valence-electron chi connectivity index (χ1n) is 9.08. The van der Waals surface area contributed by atoms with Gasteiger partial charge in [0.15, 0.2) is 0 Å². The van der Waals surface area contributed by atoms with Gasteiger partial charge in [0.1, 0.15) is 6.61 Å². The molecular weight excluding hydrogens is 326 g/mol. The average molecular weight is 355 g/mol. The third kappa shape index (κ3) is 7.68. The van der Waals surface area contributed by atoms with Crippen molar-refractivity contribution in [3.63, 3.8) is 0 Å². The topological polar surface area (TPSA) is 67.6 Å². The molecule has 0 aliphatic carbocycles. The number of carbonyl (C=O) groups excluding carboxylic acids is 1. The standard InChI is InChI=1S/C21H29N3O2/c1-24(16-19-11-9-18(15-22)10-12-19)14-6-5-13-23-21(25)26-17-20-7-3-2-4-8-20/h2-4,7-12H,5-6,13-17,22H2,1H3,(H,23,25). The van der Waals surface area contributed by atoms with Crippen molar-refractivity contribution in [2.75, 3.05) is 20.1 Å². The second-order valence-electron chi connectivity index (χ2n) is 6.45. The number of carbonyl (C=O) groups is 1. The van der Waals surface area contributed by atoms with Gasteiger partial charge >= 0.3 is 6.09 Å². The number of hydrogen-bond acceptors (Lipinski definition) is 4. The van der Waals surface area contributed by atoms with E-state index in [9.17, 15) is 4.79 Å². The number of ether oxygens (including phenoxy) is 1. The number of alkyl carbamates (subject to hydrolysis) is 1. The van der Waals surface area contributed by atoms with E-state index >= 15 is 0 Å². The van der Waals surface area contributed by atoms with Crippen LogP contribution < -0.4 is 11.1 Å². The van der Waals surface area contributed by atoms with Crippen LogP contribution in [0.5, 0.6) is 0 Å². The Balaban J connectivity index is 1.53. The summed E-state index contributed by atoms with van der Waals surface area (Å²) >= 11 is 0. The molecule has 0 fully saturated rings. The number of rotatable bonds is 10. The molecule has 0 saturated heterocycles. The molecule has 2 rings (SSSR count). The van der Waals surface area contributed by atoms with Crippen molar-refractivity contribution < 1.29 is 9.53 Å². The molecule has 26 heavy (non-hydrogen) atoms. The Hall–Kier alpha value is -2.37. The van der Waals surface area contributed by atoms with Gasteiger partial charge in [-0.3, -0.25) is 0 Å². The molecule has 0 spiro atoms. The lowest BCUT2D eigenvalue weighted by Crippen LogP contribution is -2.26. The minimum atomic E-state index is -0.359. The maximum absolute atomic E-state index is 11.7. The number of hydrogen-bond donors (Lipinski definition) is 2. The van der Waals surface area contributed by atoms with Gasteiger partial charge in [-0.15, -0.1) is 0 Å². The molecule has 0 heterocycles. The second kappa shape index (κ2) is 11.3. The smallest absolute Gasteiger partial charge is 0.407 e. The molecule has 5 heteroatoms. The van der Waals surface area contributed by atoms with Crippen LogP contribution in [0.4, 0.5) is 4.79 Å². The Labute approximate surface area is 156 Å². The molecule has 0 atom stereocenters. The first kappa shape index (κ1) is 19.9. The Morgan fingerprint density at radius 2 is 1.69 bits per heavy atom. The average Bonchev–Trinajstić information content (AvgIpc) is 2.67. The molecule has 0 saturated carbocycles. The van der Waals surface area contributed by atoms with Gasteiger partial charge in [0.25, 0.3) is 0 Å². The van der Waals surface area contributed by atoms with Gasteiger partial charge in [-0.2, -0.15) is 0 Å². The van der Waals surface area contributed by atoms with Crippen LogP contribution in [0.15, 0.2) is 54.6 Å². The molecule has 5 nitrogen and oxygen atoms in total. The lowest BCUT2D eigenvalue weighted by Gasteiger charge is -2.17. The van der Waals surface area contributed by atoms with E-state index in [4.69, 9.17) is 10.5 Å². The van der Waals surface area contributed by atoms with Gasteiger partial charge in [-0.25, -0.2) is 4.79 Å². The second-order valence-corrected chi connectivity index (χ2v) is 6.45. The van der Waals surface area contributed by atoms with Crippen LogP contribution in [0.3, 0.4) is 0 Å². The molecule has 2 aromatic rings. The van der Waals surface area contributed by atoms with Crippen LogP contribution >= 0.6 is 0 Å². The number of unbranched alkanes of at least 4 members (excludes halogenated alkanes) is 1. The van der Waals surface area contributed by atoms with Crippen LogP contribution in [0.2, 0.25) is 0 Å². The van der Waals surface area contributed by atoms with E-state index in [1.54, 1.807) is 0 Å². The third-order valence-corrected chi connectivity index (χ3v) is 4.16. The highest BCUT2D eigenvalue weighted by Gasteiger charge is 2.03. The Bertz CT molecular complexity index is 644. The molecular formula is C21H29N3O2. The van der Waals surface area contributed by atoms with Gasteiger partial charge in [-0.05, 0) is 43.1 Å². The summed E-state index contributed by atoms with van der Waals surface area (Å²) in [5, 5.41) is 2.80. The van der Waals surface area contributed by atoms with Crippen LogP contribution in [-0.4, -0.2) is 31.1 Å². The Kier molecular flexibility index (Phi) is 8.66. The van der Waals surface area contributed by atoms with Gasteiger partial charge in [0.2, 0.25) is 0 Å². The van der Waals surface area contributed by atoms with E-state index < -0.39 is 0 Å². The number of benzene rings is 2. The maximum atomic E-state index is 11.7. The zero-order chi connectivity index (χ0) is 18.6. The lowest BCUT2D eigenvalue weighted by atomic mass is 10.1. The highest BCUT2D eigenvalue weighted by Crippen LogP contribution is 2.07. The minimum Gasteiger partial charge on any atom is -0.445 e. The van der Waals surface area contributed by atoms with Crippen molar-refractivity contribution in [3.8, 4) is 0 Å². The highest BCUT2D eigenvalue weighted by molar-refractivity contribution is 5.67. The number of nitrogens with one attached hydrogen (secondary N) is 1. The summed E-state index contributed by atoms with van der Waals surface area (Å²) in [5.41, 5.74) is 9.04. The van der Waals surface area contributed by atoms with Gasteiger partial charge in [-0.1, -0.05) is 54.6 Å². The van der Waals surface area contributed by atoms with Crippen LogP contribution in [-0.2, 0) is 24.4 Å². The normalized spacial score (nSPS) is 10.7. The Morgan fingerprint density at radius 3 is 2.38 bits per heavy atom. The summed E-state index contributed by atoms with van der Waals surface area (Å²) in [6, 6.07) is 18.1. The maximum Gasteiger partial charge on any atom is 0.407 e. The largest absolute Gasteiger partial charge is 0.445 e. The fraction of sp³-hybridized carbons (Fsp3) is 0.381. The van der Waals surface area contributed by atoms with E-state index in [1.807, 2.05) is 30.3 Å². The van der Waals surface area contributed by atoms with Crippen molar-refractivity contribution in [2.24, 2.45) is 5.73 Å². The fourth-order valence-corrected chi connectivity index (χ4v) is 2.64. The number of nitrogens with zero attached hydrogens (tertiary/aromatic N) is 1. The molecule has 0 aliphatic heterocycles. The Morgan fingerprint density at radius 1 is 1.00 bits per heavy atom. The monoisotopic (exact) mass is 355 g/mol. The lowest BCUT2D eigenvalue weighted by molar-refractivity contribution is 0.139. The molecule has 2 aromatic carbocycles. The zero-order valence-corrected chi connectivity index (χ0v) is 15.5. The SMILES string of the molecule is CN(CCCCNC(=O)OCc1ccccc1)Cc1ccc(CN)cc1. The van der Waals surface area contributed by atoms with Crippen molar-refractivity contribution in [1.82, 2.24) is 10.2 Å². The van der Waals surface area contributed by atoms with Crippen molar-refractivity contribution in [2.45, 2.75) is 32.5 Å². The quantitative estimate of drug-likeness (QED) is 0.642. The van der Waals surface area contributed by atoms with Gasteiger partial charge in [0, 0.05) is 19.6 Å². The molecule has 0 aromatic heterocycles. The van der Waals surface area contributed by atoms with E-state index in [0.717, 1.165) is 37.1 Å². The molecule has 0 bridgehead atoms. The molecule has 1 amide bonds.